The van der Waals surface area contributed by atoms with Crippen molar-refractivity contribution in [2.45, 2.75) is 44.6 Å². The van der Waals surface area contributed by atoms with Crippen molar-refractivity contribution in [2.75, 3.05) is 25.1 Å². The standard InChI is InChI=1S/C14H25N3S/c1-12(4-9-18-3)17-11-16-10-13(17)14(2)5-7-15-8-6-14/h10-12,15H,4-9H2,1-3H3. The molecule has 18 heavy (non-hydrogen) atoms. The van der Waals surface area contributed by atoms with Crippen LogP contribution in [0, 0.1) is 0 Å². The van der Waals surface area contributed by atoms with Gasteiger partial charge in [0.15, 0.2) is 0 Å². The molecule has 4 heteroatoms. The molecule has 0 spiro atoms. The average Bonchev–Trinajstić information content (AvgIpc) is 2.87. The van der Waals surface area contributed by atoms with Crippen LogP contribution in [0.4, 0.5) is 0 Å². The third-order valence-corrected chi connectivity index (χ3v) is 4.85. The summed E-state index contributed by atoms with van der Waals surface area (Å²) in [6.45, 7) is 6.95. The molecule has 2 rings (SSSR count). The summed E-state index contributed by atoms with van der Waals surface area (Å²) >= 11 is 1.92. The first-order valence-corrected chi connectivity index (χ1v) is 8.29. The minimum Gasteiger partial charge on any atom is -0.331 e. The van der Waals surface area contributed by atoms with Crippen molar-refractivity contribution in [3.63, 3.8) is 0 Å². The molecule has 1 saturated heterocycles. The Balaban J connectivity index is 2.15. The fourth-order valence-electron chi connectivity index (χ4n) is 2.79. The molecule has 1 fully saturated rings. The maximum Gasteiger partial charge on any atom is 0.0950 e. The average molecular weight is 267 g/mol. The maximum absolute atomic E-state index is 4.41. The van der Waals surface area contributed by atoms with Gasteiger partial charge in [-0.1, -0.05) is 6.92 Å². The number of nitrogens with zero attached hydrogens (tertiary/aromatic N) is 2. The highest BCUT2D eigenvalue weighted by molar-refractivity contribution is 7.98. The molecule has 1 atom stereocenters. The number of aromatic nitrogens is 2. The summed E-state index contributed by atoms with van der Waals surface area (Å²) in [5, 5.41) is 3.45. The molecule has 1 aliphatic heterocycles. The lowest BCUT2D eigenvalue weighted by Gasteiger charge is -2.35. The number of nitrogens with one attached hydrogen (secondary N) is 1. The maximum atomic E-state index is 4.41. The molecule has 1 aromatic heterocycles. The number of hydrogen-bond acceptors (Lipinski definition) is 3. The third-order valence-electron chi connectivity index (χ3n) is 4.21. The molecule has 0 aliphatic carbocycles. The second-order valence-electron chi connectivity index (χ2n) is 5.63. The molecular weight excluding hydrogens is 242 g/mol. The third kappa shape index (κ3) is 2.91. The molecule has 1 unspecified atom stereocenters. The SMILES string of the molecule is CSCCC(C)n1cncc1C1(C)CCNCC1. The van der Waals surface area contributed by atoms with Crippen LogP contribution in [0.25, 0.3) is 0 Å². The van der Waals surface area contributed by atoms with Crippen LogP contribution in [-0.2, 0) is 5.41 Å². The van der Waals surface area contributed by atoms with Crippen molar-refractivity contribution in [1.29, 1.82) is 0 Å². The minimum atomic E-state index is 0.301. The van der Waals surface area contributed by atoms with E-state index < -0.39 is 0 Å². The van der Waals surface area contributed by atoms with Crippen LogP contribution in [0.15, 0.2) is 12.5 Å². The van der Waals surface area contributed by atoms with Crippen LogP contribution >= 0.6 is 11.8 Å². The van der Waals surface area contributed by atoms with Gasteiger partial charge in [0, 0.05) is 23.3 Å². The molecule has 0 radical (unpaired) electrons. The van der Waals surface area contributed by atoms with Crippen molar-refractivity contribution in [2.24, 2.45) is 0 Å². The summed E-state index contributed by atoms with van der Waals surface area (Å²) in [6, 6.07) is 0.557. The van der Waals surface area contributed by atoms with Gasteiger partial charge in [-0.3, -0.25) is 0 Å². The van der Waals surface area contributed by atoms with Crippen molar-refractivity contribution >= 4 is 11.8 Å². The largest absolute Gasteiger partial charge is 0.331 e. The molecule has 0 saturated carbocycles. The molecule has 3 nitrogen and oxygen atoms in total. The Morgan fingerprint density at radius 3 is 2.89 bits per heavy atom. The Hall–Kier alpha value is -0.480. The fourth-order valence-corrected chi connectivity index (χ4v) is 3.36. The van der Waals surface area contributed by atoms with Crippen molar-refractivity contribution in [1.82, 2.24) is 14.9 Å². The summed E-state index contributed by atoms with van der Waals surface area (Å²) in [6.07, 6.45) is 9.94. The molecule has 1 aliphatic rings. The Morgan fingerprint density at radius 2 is 2.22 bits per heavy atom. The van der Waals surface area contributed by atoms with Crippen LogP contribution < -0.4 is 5.32 Å². The smallest absolute Gasteiger partial charge is 0.0950 e. The number of hydrogen-bond donors (Lipinski definition) is 1. The molecule has 2 heterocycles. The first-order valence-electron chi connectivity index (χ1n) is 6.89. The summed E-state index contributed by atoms with van der Waals surface area (Å²) in [4.78, 5) is 4.41. The van der Waals surface area contributed by atoms with Crippen LogP contribution in [-0.4, -0.2) is 34.6 Å². The number of imidazole rings is 1. The van der Waals surface area contributed by atoms with Crippen LogP contribution in [0.2, 0.25) is 0 Å². The highest BCUT2D eigenvalue weighted by atomic mass is 32.2. The quantitative estimate of drug-likeness (QED) is 0.889. The fraction of sp³-hybridized carbons (Fsp3) is 0.786. The van der Waals surface area contributed by atoms with E-state index in [9.17, 15) is 0 Å². The number of rotatable bonds is 5. The predicted molar refractivity (Wildman–Crippen MR) is 79.4 cm³/mol. The zero-order valence-electron chi connectivity index (χ0n) is 11.8. The first-order chi connectivity index (χ1) is 8.67. The van der Waals surface area contributed by atoms with E-state index in [1.165, 1.54) is 30.7 Å². The van der Waals surface area contributed by atoms with Gasteiger partial charge in [-0.25, -0.2) is 4.98 Å². The van der Waals surface area contributed by atoms with Crippen molar-refractivity contribution in [3.05, 3.63) is 18.2 Å². The van der Waals surface area contributed by atoms with E-state index in [0.717, 1.165) is 13.1 Å². The van der Waals surface area contributed by atoms with Gasteiger partial charge in [0.2, 0.25) is 0 Å². The van der Waals surface area contributed by atoms with Gasteiger partial charge in [0.05, 0.1) is 6.33 Å². The minimum absolute atomic E-state index is 0.301. The number of piperidine rings is 1. The van der Waals surface area contributed by atoms with E-state index >= 15 is 0 Å². The van der Waals surface area contributed by atoms with E-state index in [4.69, 9.17) is 0 Å². The van der Waals surface area contributed by atoms with Crippen LogP contribution in [0.5, 0.6) is 0 Å². The molecule has 102 valence electrons. The van der Waals surface area contributed by atoms with Gasteiger partial charge >= 0.3 is 0 Å². The topological polar surface area (TPSA) is 29.9 Å². The molecule has 0 amide bonds. The van der Waals surface area contributed by atoms with E-state index in [1.54, 1.807) is 0 Å². The van der Waals surface area contributed by atoms with Gasteiger partial charge < -0.3 is 9.88 Å². The van der Waals surface area contributed by atoms with E-state index in [0.29, 0.717) is 11.5 Å². The van der Waals surface area contributed by atoms with E-state index in [2.05, 4.69) is 41.2 Å². The first kappa shape index (κ1) is 13.9. The van der Waals surface area contributed by atoms with Gasteiger partial charge in [-0.15, -0.1) is 0 Å². The van der Waals surface area contributed by atoms with Crippen molar-refractivity contribution < 1.29 is 0 Å². The molecule has 1 aromatic rings. The zero-order chi connectivity index (χ0) is 13.0. The Morgan fingerprint density at radius 1 is 1.50 bits per heavy atom. The normalized spacial score (nSPS) is 20.8. The lowest BCUT2D eigenvalue weighted by molar-refractivity contribution is 0.309. The van der Waals surface area contributed by atoms with Crippen LogP contribution in [0.1, 0.15) is 44.8 Å². The molecule has 0 aromatic carbocycles. The highest BCUT2D eigenvalue weighted by Crippen LogP contribution is 2.34. The summed E-state index contributed by atoms with van der Waals surface area (Å²) in [7, 11) is 0. The van der Waals surface area contributed by atoms with E-state index in [1.807, 2.05) is 18.1 Å². The lowest BCUT2D eigenvalue weighted by Crippen LogP contribution is -2.39. The Kier molecular flexibility index (Phi) is 4.73. The van der Waals surface area contributed by atoms with Crippen molar-refractivity contribution in [3.8, 4) is 0 Å². The van der Waals surface area contributed by atoms with Crippen LogP contribution in [0.3, 0.4) is 0 Å². The second kappa shape index (κ2) is 6.11. The summed E-state index contributed by atoms with van der Waals surface area (Å²) < 4.78 is 2.40. The van der Waals surface area contributed by atoms with Gasteiger partial charge in [0.1, 0.15) is 0 Å². The zero-order valence-corrected chi connectivity index (χ0v) is 12.6. The number of thioether (sulfide) groups is 1. The Bertz CT molecular complexity index is 369. The predicted octanol–water partition coefficient (Wildman–Crippen LogP) is 2.84. The molecule has 0 bridgehead atoms. The highest BCUT2D eigenvalue weighted by Gasteiger charge is 2.32. The summed E-state index contributed by atoms with van der Waals surface area (Å²) in [5.74, 6) is 1.22. The second-order valence-corrected chi connectivity index (χ2v) is 6.61. The van der Waals surface area contributed by atoms with Gasteiger partial charge in [-0.2, -0.15) is 11.8 Å². The van der Waals surface area contributed by atoms with Gasteiger partial charge in [-0.05, 0) is 51.3 Å². The Labute approximate surface area is 115 Å². The monoisotopic (exact) mass is 267 g/mol. The van der Waals surface area contributed by atoms with Gasteiger partial charge in [0.25, 0.3) is 0 Å². The van der Waals surface area contributed by atoms with E-state index in [-0.39, 0.29) is 0 Å². The lowest BCUT2D eigenvalue weighted by atomic mass is 9.78. The molecular formula is C14H25N3S. The summed E-state index contributed by atoms with van der Waals surface area (Å²) in [5.41, 5.74) is 1.73. The molecule has 1 N–H and O–H groups in total.